The Labute approximate surface area is 106 Å². The van der Waals surface area contributed by atoms with E-state index in [1.54, 1.807) is 0 Å². The van der Waals surface area contributed by atoms with Gasteiger partial charge in [-0.05, 0) is 25.8 Å². The van der Waals surface area contributed by atoms with Gasteiger partial charge in [-0.1, -0.05) is 0 Å². The summed E-state index contributed by atoms with van der Waals surface area (Å²) in [7, 11) is 1.90. The van der Waals surface area contributed by atoms with Gasteiger partial charge in [0.1, 0.15) is 6.61 Å². The molecule has 0 aliphatic carbocycles. The van der Waals surface area contributed by atoms with Crippen LogP contribution in [0.15, 0.2) is 0 Å². The zero-order valence-electron chi connectivity index (χ0n) is 11.0. The van der Waals surface area contributed by atoms with Crippen LogP contribution in [0.1, 0.15) is 23.4 Å². The maximum absolute atomic E-state index is 11.9. The van der Waals surface area contributed by atoms with Crippen LogP contribution < -0.4 is 0 Å². The molecule has 0 radical (unpaired) electrons. The van der Waals surface area contributed by atoms with E-state index >= 15 is 0 Å². The topological polar surface area (TPSA) is 67.6 Å². The first-order chi connectivity index (χ1) is 8.49. The zero-order valence-corrected chi connectivity index (χ0v) is 11.0. The van der Waals surface area contributed by atoms with Gasteiger partial charge in [-0.2, -0.15) is 5.10 Å². The predicted molar refractivity (Wildman–Crippen MR) is 64.7 cm³/mol. The molecule has 100 valence electrons. The number of β-amino-alcohol motifs (C(OH)–C–C–N with tert-alkyl or cyclic N) is 1. The number of aliphatic hydroxyl groups is 1. The highest BCUT2D eigenvalue weighted by Crippen LogP contribution is 2.16. The van der Waals surface area contributed by atoms with Gasteiger partial charge in [0, 0.05) is 19.2 Å². The van der Waals surface area contributed by atoms with Crippen molar-refractivity contribution in [3.63, 3.8) is 0 Å². The molecule has 1 N–H and O–H groups in total. The normalized spacial score (nSPS) is 19.6. The molecule has 2 heterocycles. The van der Waals surface area contributed by atoms with Crippen LogP contribution in [-0.2, 0) is 23.1 Å². The van der Waals surface area contributed by atoms with E-state index in [0.717, 1.165) is 17.0 Å². The highest BCUT2D eigenvalue weighted by molar-refractivity contribution is 5.75. The third kappa shape index (κ3) is 2.54. The Morgan fingerprint density at radius 2 is 2.28 bits per heavy atom. The van der Waals surface area contributed by atoms with Crippen molar-refractivity contribution in [2.45, 2.75) is 32.8 Å². The number of aromatic nitrogens is 2. The number of hydroxylamine groups is 2. The van der Waals surface area contributed by atoms with Crippen LogP contribution in [0, 0.1) is 13.8 Å². The Bertz CT molecular complexity index is 456. The molecule has 1 unspecified atom stereocenters. The number of carbonyl (C=O) groups excluding carboxylic acids is 1. The van der Waals surface area contributed by atoms with Crippen LogP contribution in [-0.4, -0.2) is 45.1 Å². The summed E-state index contributed by atoms with van der Waals surface area (Å²) in [4.78, 5) is 17.0. The first kappa shape index (κ1) is 13.0. The lowest BCUT2D eigenvalue weighted by Gasteiger charge is -2.13. The van der Waals surface area contributed by atoms with Crippen LogP contribution >= 0.6 is 0 Å². The average Bonchev–Trinajstić information content (AvgIpc) is 2.83. The zero-order chi connectivity index (χ0) is 13.3. The summed E-state index contributed by atoms with van der Waals surface area (Å²) in [6.45, 7) is 4.42. The van der Waals surface area contributed by atoms with E-state index in [9.17, 15) is 9.90 Å². The molecule has 1 atom stereocenters. The van der Waals surface area contributed by atoms with Crippen molar-refractivity contribution in [3.8, 4) is 0 Å². The van der Waals surface area contributed by atoms with Crippen LogP contribution in [0.5, 0.6) is 0 Å². The van der Waals surface area contributed by atoms with Gasteiger partial charge in [-0.3, -0.25) is 14.3 Å². The highest BCUT2D eigenvalue weighted by atomic mass is 16.7. The summed E-state index contributed by atoms with van der Waals surface area (Å²) in [5, 5.41) is 14.9. The number of rotatable bonds is 3. The van der Waals surface area contributed by atoms with Gasteiger partial charge < -0.3 is 5.11 Å². The molecule has 1 amide bonds. The molecule has 1 aliphatic rings. The Morgan fingerprint density at radius 3 is 2.78 bits per heavy atom. The second kappa shape index (κ2) is 5.07. The SMILES string of the molecule is Cc1nn(C)c(C)c1CCC(=O)N1CC(O)CO1. The molecule has 6 nitrogen and oxygen atoms in total. The molecule has 0 aromatic carbocycles. The quantitative estimate of drug-likeness (QED) is 0.830. The molecule has 0 spiro atoms. The van der Waals surface area contributed by atoms with E-state index in [1.165, 1.54) is 5.06 Å². The fraction of sp³-hybridized carbons (Fsp3) is 0.667. The molecule has 0 bridgehead atoms. The largest absolute Gasteiger partial charge is 0.389 e. The maximum atomic E-state index is 11.9. The summed E-state index contributed by atoms with van der Waals surface area (Å²) in [5.74, 6) is -0.0887. The Balaban J connectivity index is 1.93. The van der Waals surface area contributed by atoms with Crippen LogP contribution in [0.3, 0.4) is 0 Å². The number of aryl methyl sites for hydroxylation is 2. The molecule has 0 saturated carbocycles. The number of aliphatic hydroxyl groups excluding tert-OH is 1. The Hall–Kier alpha value is -1.40. The summed E-state index contributed by atoms with van der Waals surface area (Å²) < 4.78 is 1.82. The number of nitrogens with zero attached hydrogens (tertiary/aromatic N) is 3. The van der Waals surface area contributed by atoms with Gasteiger partial charge in [0.15, 0.2) is 0 Å². The van der Waals surface area contributed by atoms with E-state index < -0.39 is 6.10 Å². The van der Waals surface area contributed by atoms with Crippen LogP contribution in [0.4, 0.5) is 0 Å². The van der Waals surface area contributed by atoms with Gasteiger partial charge in [-0.15, -0.1) is 0 Å². The number of hydrogen-bond acceptors (Lipinski definition) is 4. The van der Waals surface area contributed by atoms with E-state index in [4.69, 9.17) is 4.84 Å². The summed E-state index contributed by atoms with van der Waals surface area (Å²) in [5.41, 5.74) is 3.17. The van der Waals surface area contributed by atoms with E-state index in [2.05, 4.69) is 5.10 Å². The van der Waals surface area contributed by atoms with Crippen LogP contribution in [0.25, 0.3) is 0 Å². The molecule has 1 aromatic rings. The van der Waals surface area contributed by atoms with Gasteiger partial charge >= 0.3 is 0 Å². The first-order valence-corrected chi connectivity index (χ1v) is 6.09. The van der Waals surface area contributed by atoms with Crippen molar-refractivity contribution in [2.75, 3.05) is 13.2 Å². The standard InChI is InChI=1S/C12H19N3O3/c1-8-11(9(2)14(3)13-8)4-5-12(17)15-6-10(16)7-18-15/h10,16H,4-7H2,1-3H3. The first-order valence-electron chi connectivity index (χ1n) is 6.09. The molecular formula is C12H19N3O3. The lowest BCUT2D eigenvalue weighted by molar-refractivity contribution is -0.168. The molecule has 1 saturated heterocycles. The second-order valence-electron chi connectivity index (χ2n) is 4.68. The third-order valence-corrected chi connectivity index (χ3v) is 3.33. The summed E-state index contributed by atoms with van der Waals surface area (Å²) in [6, 6.07) is 0. The number of hydrogen-bond donors (Lipinski definition) is 1. The minimum Gasteiger partial charge on any atom is -0.389 e. The monoisotopic (exact) mass is 253 g/mol. The fourth-order valence-electron chi connectivity index (χ4n) is 2.18. The minimum atomic E-state index is -0.559. The second-order valence-corrected chi connectivity index (χ2v) is 4.68. The Morgan fingerprint density at radius 1 is 1.56 bits per heavy atom. The van der Waals surface area contributed by atoms with E-state index in [0.29, 0.717) is 12.8 Å². The third-order valence-electron chi connectivity index (χ3n) is 3.33. The molecule has 2 rings (SSSR count). The predicted octanol–water partition coefficient (Wildman–Crippen LogP) is 0.104. The van der Waals surface area contributed by atoms with Crippen molar-refractivity contribution in [1.82, 2.24) is 14.8 Å². The maximum Gasteiger partial charge on any atom is 0.246 e. The van der Waals surface area contributed by atoms with Crippen molar-refractivity contribution < 1.29 is 14.7 Å². The van der Waals surface area contributed by atoms with Crippen LogP contribution in [0.2, 0.25) is 0 Å². The Kier molecular flexibility index (Phi) is 3.68. The molecule has 1 aliphatic heterocycles. The molecular weight excluding hydrogens is 234 g/mol. The van der Waals surface area contributed by atoms with Gasteiger partial charge in [0.2, 0.25) is 5.91 Å². The number of carbonyl (C=O) groups is 1. The van der Waals surface area contributed by atoms with E-state index in [-0.39, 0.29) is 19.1 Å². The van der Waals surface area contributed by atoms with Gasteiger partial charge in [0.25, 0.3) is 0 Å². The lowest BCUT2D eigenvalue weighted by Crippen LogP contribution is -2.28. The molecule has 1 aromatic heterocycles. The van der Waals surface area contributed by atoms with Gasteiger partial charge in [-0.25, -0.2) is 5.06 Å². The minimum absolute atomic E-state index is 0.0887. The fourth-order valence-corrected chi connectivity index (χ4v) is 2.18. The molecule has 1 fully saturated rings. The summed E-state index contributed by atoms with van der Waals surface area (Å²) >= 11 is 0. The number of amides is 1. The lowest BCUT2D eigenvalue weighted by atomic mass is 10.1. The van der Waals surface area contributed by atoms with Crippen molar-refractivity contribution in [2.24, 2.45) is 7.05 Å². The van der Waals surface area contributed by atoms with Gasteiger partial charge in [0.05, 0.1) is 18.3 Å². The molecule has 6 heteroatoms. The smallest absolute Gasteiger partial charge is 0.246 e. The molecule has 18 heavy (non-hydrogen) atoms. The van der Waals surface area contributed by atoms with Crippen molar-refractivity contribution in [3.05, 3.63) is 17.0 Å². The highest BCUT2D eigenvalue weighted by Gasteiger charge is 2.26. The average molecular weight is 253 g/mol. The summed E-state index contributed by atoms with van der Waals surface area (Å²) in [6.07, 6.45) is 0.469. The van der Waals surface area contributed by atoms with Crippen molar-refractivity contribution >= 4 is 5.91 Å². The van der Waals surface area contributed by atoms with E-state index in [1.807, 2.05) is 25.6 Å². The van der Waals surface area contributed by atoms with Crippen molar-refractivity contribution in [1.29, 1.82) is 0 Å².